The van der Waals surface area contributed by atoms with Gasteiger partial charge >= 0.3 is 0 Å². The molecule has 2 rings (SSSR count). The molecule has 94 valence electrons. The van der Waals surface area contributed by atoms with Gasteiger partial charge in [0.15, 0.2) is 0 Å². The number of aryl methyl sites for hydroxylation is 2. The Morgan fingerprint density at radius 2 is 1.78 bits per heavy atom. The maximum atomic E-state index is 6.57. The molecule has 0 saturated carbocycles. The summed E-state index contributed by atoms with van der Waals surface area (Å²) in [4.78, 5) is 0. The Bertz CT molecular complexity index is 531. The highest BCUT2D eigenvalue weighted by molar-refractivity contribution is 9.10. The van der Waals surface area contributed by atoms with Crippen LogP contribution in [-0.4, -0.2) is 0 Å². The lowest BCUT2D eigenvalue weighted by molar-refractivity contribution is 1.09. The van der Waals surface area contributed by atoms with Gasteiger partial charge in [0.05, 0.1) is 5.38 Å². The van der Waals surface area contributed by atoms with Crippen LogP contribution >= 0.6 is 27.5 Å². The van der Waals surface area contributed by atoms with E-state index in [1.54, 1.807) is 0 Å². The number of hydrogen-bond acceptors (Lipinski definition) is 0. The maximum Gasteiger partial charge on any atom is 0.0838 e. The molecule has 0 aliphatic carbocycles. The van der Waals surface area contributed by atoms with Crippen LogP contribution < -0.4 is 0 Å². The van der Waals surface area contributed by atoms with Crippen molar-refractivity contribution < 1.29 is 0 Å². The van der Waals surface area contributed by atoms with E-state index in [1.807, 2.05) is 6.07 Å². The Morgan fingerprint density at radius 3 is 2.33 bits per heavy atom. The third-order valence-electron chi connectivity index (χ3n) is 3.19. The van der Waals surface area contributed by atoms with Crippen molar-refractivity contribution >= 4 is 27.5 Å². The molecule has 1 atom stereocenters. The Labute approximate surface area is 122 Å². The first kappa shape index (κ1) is 13.6. The number of halogens is 2. The third kappa shape index (κ3) is 2.96. The van der Waals surface area contributed by atoms with Crippen LogP contribution in [0.3, 0.4) is 0 Å². The Kier molecular flexibility index (Phi) is 4.47. The summed E-state index contributed by atoms with van der Waals surface area (Å²) < 4.78 is 1.09. The minimum Gasteiger partial charge on any atom is -0.113 e. The largest absolute Gasteiger partial charge is 0.113 e. The van der Waals surface area contributed by atoms with Crippen LogP contribution in [0.5, 0.6) is 0 Å². The van der Waals surface area contributed by atoms with Crippen LogP contribution in [0.25, 0.3) is 0 Å². The predicted octanol–water partition coefficient (Wildman–Crippen LogP) is 5.65. The SMILES string of the molecule is CCc1ccc(C(Cl)c2ccc(Br)cc2C)cc1. The van der Waals surface area contributed by atoms with Crippen molar-refractivity contribution in [1.82, 2.24) is 0 Å². The van der Waals surface area contributed by atoms with Gasteiger partial charge in [-0.15, -0.1) is 11.6 Å². The highest BCUT2D eigenvalue weighted by Crippen LogP contribution is 2.32. The van der Waals surface area contributed by atoms with Gasteiger partial charge < -0.3 is 0 Å². The molecule has 0 aliphatic heterocycles. The number of alkyl halides is 1. The van der Waals surface area contributed by atoms with E-state index in [2.05, 4.69) is 66.2 Å². The quantitative estimate of drug-likeness (QED) is 0.640. The molecule has 0 N–H and O–H groups in total. The zero-order valence-electron chi connectivity index (χ0n) is 10.6. The molecule has 0 saturated heterocycles. The Morgan fingerprint density at radius 1 is 1.11 bits per heavy atom. The molecule has 0 aliphatic rings. The van der Waals surface area contributed by atoms with Crippen molar-refractivity contribution in [3.63, 3.8) is 0 Å². The zero-order valence-corrected chi connectivity index (χ0v) is 12.9. The summed E-state index contributed by atoms with van der Waals surface area (Å²) in [6, 6.07) is 14.8. The van der Waals surface area contributed by atoms with Crippen LogP contribution in [0.1, 0.15) is 34.6 Å². The highest BCUT2D eigenvalue weighted by atomic mass is 79.9. The minimum atomic E-state index is -0.0796. The minimum absolute atomic E-state index is 0.0796. The fourth-order valence-electron chi connectivity index (χ4n) is 2.03. The summed E-state index contributed by atoms with van der Waals surface area (Å²) in [6.45, 7) is 4.25. The first-order valence-corrected chi connectivity index (χ1v) is 7.33. The van der Waals surface area contributed by atoms with Crippen molar-refractivity contribution in [3.8, 4) is 0 Å². The molecule has 18 heavy (non-hydrogen) atoms. The topological polar surface area (TPSA) is 0 Å². The van der Waals surface area contributed by atoms with E-state index in [9.17, 15) is 0 Å². The molecule has 0 amide bonds. The van der Waals surface area contributed by atoms with Crippen LogP contribution in [0, 0.1) is 6.92 Å². The lowest BCUT2D eigenvalue weighted by atomic mass is 9.99. The van der Waals surface area contributed by atoms with E-state index in [0.717, 1.165) is 16.5 Å². The van der Waals surface area contributed by atoms with Crippen LogP contribution in [0.2, 0.25) is 0 Å². The summed E-state index contributed by atoms with van der Waals surface area (Å²) in [5, 5.41) is -0.0796. The molecule has 2 aromatic rings. The summed E-state index contributed by atoms with van der Waals surface area (Å²) >= 11 is 10.0. The van der Waals surface area contributed by atoms with Gasteiger partial charge in [0.1, 0.15) is 0 Å². The van der Waals surface area contributed by atoms with Crippen molar-refractivity contribution in [2.45, 2.75) is 25.6 Å². The second-order valence-corrected chi connectivity index (χ2v) is 5.81. The zero-order chi connectivity index (χ0) is 13.1. The lowest BCUT2D eigenvalue weighted by Gasteiger charge is -2.14. The van der Waals surface area contributed by atoms with E-state index >= 15 is 0 Å². The molecular weight excluding hydrogens is 308 g/mol. The number of rotatable bonds is 3. The molecular formula is C16H16BrCl. The first-order chi connectivity index (χ1) is 8.61. The molecule has 2 aromatic carbocycles. The second kappa shape index (κ2) is 5.90. The number of hydrogen-bond donors (Lipinski definition) is 0. The third-order valence-corrected chi connectivity index (χ3v) is 4.17. The molecule has 0 fully saturated rings. The fourth-order valence-corrected chi connectivity index (χ4v) is 2.89. The molecule has 0 heterocycles. The van der Waals surface area contributed by atoms with Gasteiger partial charge in [-0.25, -0.2) is 0 Å². The summed E-state index contributed by atoms with van der Waals surface area (Å²) in [7, 11) is 0. The predicted molar refractivity (Wildman–Crippen MR) is 82.4 cm³/mol. The molecule has 0 aromatic heterocycles. The lowest BCUT2D eigenvalue weighted by Crippen LogP contribution is -1.96. The molecule has 0 bridgehead atoms. The van der Waals surface area contributed by atoms with E-state index in [0.29, 0.717) is 0 Å². The normalized spacial score (nSPS) is 12.4. The van der Waals surface area contributed by atoms with E-state index in [-0.39, 0.29) is 5.38 Å². The number of benzene rings is 2. The van der Waals surface area contributed by atoms with Gasteiger partial charge in [-0.2, -0.15) is 0 Å². The first-order valence-electron chi connectivity index (χ1n) is 6.10. The Balaban J connectivity index is 2.31. The van der Waals surface area contributed by atoms with E-state index < -0.39 is 0 Å². The maximum absolute atomic E-state index is 6.57. The molecule has 2 heteroatoms. The van der Waals surface area contributed by atoms with Gasteiger partial charge in [-0.05, 0) is 47.7 Å². The van der Waals surface area contributed by atoms with Crippen LogP contribution in [0.15, 0.2) is 46.9 Å². The monoisotopic (exact) mass is 322 g/mol. The summed E-state index contributed by atoms with van der Waals surface area (Å²) in [5.41, 5.74) is 4.88. The second-order valence-electron chi connectivity index (χ2n) is 4.46. The fraction of sp³-hybridized carbons (Fsp3) is 0.250. The van der Waals surface area contributed by atoms with Crippen molar-refractivity contribution in [1.29, 1.82) is 0 Å². The van der Waals surface area contributed by atoms with Gasteiger partial charge in [0, 0.05) is 4.47 Å². The van der Waals surface area contributed by atoms with Crippen molar-refractivity contribution in [2.24, 2.45) is 0 Å². The molecule has 0 spiro atoms. The van der Waals surface area contributed by atoms with Gasteiger partial charge in [0.25, 0.3) is 0 Å². The standard InChI is InChI=1S/C16H16BrCl/c1-3-12-4-6-13(7-5-12)16(18)15-9-8-14(17)10-11(15)2/h4-10,16H,3H2,1-2H3. The van der Waals surface area contributed by atoms with E-state index in [1.165, 1.54) is 16.7 Å². The van der Waals surface area contributed by atoms with Crippen LogP contribution in [-0.2, 0) is 6.42 Å². The molecule has 0 nitrogen and oxygen atoms in total. The van der Waals surface area contributed by atoms with Crippen LogP contribution in [0.4, 0.5) is 0 Å². The van der Waals surface area contributed by atoms with Gasteiger partial charge in [0.2, 0.25) is 0 Å². The van der Waals surface area contributed by atoms with Gasteiger partial charge in [-0.3, -0.25) is 0 Å². The summed E-state index contributed by atoms with van der Waals surface area (Å²) in [6.07, 6.45) is 1.06. The smallest absolute Gasteiger partial charge is 0.0838 e. The Hall–Kier alpha value is -0.790. The average Bonchev–Trinajstić information content (AvgIpc) is 2.38. The van der Waals surface area contributed by atoms with E-state index in [4.69, 9.17) is 11.6 Å². The average molecular weight is 324 g/mol. The molecule has 1 unspecified atom stereocenters. The van der Waals surface area contributed by atoms with Crippen molar-refractivity contribution in [2.75, 3.05) is 0 Å². The van der Waals surface area contributed by atoms with Crippen molar-refractivity contribution in [3.05, 3.63) is 69.2 Å². The van der Waals surface area contributed by atoms with Gasteiger partial charge in [-0.1, -0.05) is 53.2 Å². The summed E-state index contributed by atoms with van der Waals surface area (Å²) in [5.74, 6) is 0. The molecule has 0 radical (unpaired) electrons. The highest BCUT2D eigenvalue weighted by Gasteiger charge is 2.13.